The summed E-state index contributed by atoms with van der Waals surface area (Å²) in [4.78, 5) is 15.3. The molecule has 1 amide bonds. The van der Waals surface area contributed by atoms with E-state index in [1.54, 1.807) is 21.8 Å². The average Bonchev–Trinajstić information content (AvgIpc) is 3.15. The number of nitrogen functional groups attached to an aromatic ring is 1. The predicted molar refractivity (Wildman–Crippen MR) is 115 cm³/mol. The Morgan fingerprint density at radius 2 is 2.03 bits per heavy atom. The molecule has 1 unspecified atom stereocenters. The van der Waals surface area contributed by atoms with Gasteiger partial charge in [-0.2, -0.15) is 5.10 Å². The second-order valence-electron chi connectivity index (χ2n) is 8.34. The summed E-state index contributed by atoms with van der Waals surface area (Å²) in [6, 6.07) is 1.59. The quantitative estimate of drug-likeness (QED) is 0.716. The largest absolute Gasteiger partial charge is 0.465 e. The minimum atomic E-state index is -0.860. The molecule has 10 heteroatoms. The van der Waals surface area contributed by atoms with Crippen molar-refractivity contribution in [1.29, 1.82) is 0 Å². The van der Waals surface area contributed by atoms with Crippen LogP contribution in [0.2, 0.25) is 5.15 Å². The SMILES string of the molecule is CC(C)(C)C1CN(CC#CCn2cc(-c3cc(Cl)nnc3N)cn2)CCN1C(=O)O. The van der Waals surface area contributed by atoms with Crippen molar-refractivity contribution < 1.29 is 9.90 Å². The van der Waals surface area contributed by atoms with Crippen molar-refractivity contribution in [3.05, 3.63) is 23.6 Å². The Morgan fingerprint density at radius 1 is 1.30 bits per heavy atom. The number of piperazine rings is 1. The van der Waals surface area contributed by atoms with Crippen LogP contribution in [0.25, 0.3) is 11.1 Å². The van der Waals surface area contributed by atoms with Gasteiger partial charge in [0.2, 0.25) is 0 Å². The van der Waals surface area contributed by atoms with Crippen LogP contribution in [-0.2, 0) is 6.54 Å². The van der Waals surface area contributed by atoms with Crippen LogP contribution in [0.15, 0.2) is 18.5 Å². The van der Waals surface area contributed by atoms with E-state index in [0.717, 1.165) is 5.56 Å². The zero-order valence-corrected chi connectivity index (χ0v) is 18.1. The molecule has 0 bridgehead atoms. The number of carbonyl (C=O) groups is 1. The molecule has 0 radical (unpaired) electrons. The molecule has 1 aliphatic heterocycles. The molecular formula is C20H26ClN7O2. The fraction of sp³-hybridized carbons (Fsp3) is 0.500. The third-order valence-corrected chi connectivity index (χ3v) is 5.30. The maximum absolute atomic E-state index is 11.5. The number of hydrogen-bond donors (Lipinski definition) is 2. The Morgan fingerprint density at radius 3 is 2.73 bits per heavy atom. The van der Waals surface area contributed by atoms with E-state index in [2.05, 4.69) is 52.8 Å². The van der Waals surface area contributed by atoms with Crippen LogP contribution in [-0.4, -0.2) is 73.2 Å². The van der Waals surface area contributed by atoms with Crippen molar-refractivity contribution in [2.24, 2.45) is 5.41 Å². The third-order valence-electron chi connectivity index (χ3n) is 5.12. The van der Waals surface area contributed by atoms with Crippen LogP contribution in [0.1, 0.15) is 20.8 Å². The maximum atomic E-state index is 11.5. The number of hydrogen-bond acceptors (Lipinski definition) is 6. The summed E-state index contributed by atoms with van der Waals surface area (Å²) in [6.07, 6.45) is 2.66. The second kappa shape index (κ2) is 8.90. The van der Waals surface area contributed by atoms with Gasteiger partial charge in [0, 0.05) is 37.0 Å². The Kier molecular flexibility index (Phi) is 6.48. The lowest BCUT2D eigenvalue weighted by atomic mass is 9.84. The van der Waals surface area contributed by atoms with Gasteiger partial charge in [-0.3, -0.25) is 9.58 Å². The van der Waals surface area contributed by atoms with Crippen molar-refractivity contribution >= 4 is 23.5 Å². The van der Waals surface area contributed by atoms with Crippen LogP contribution in [0.4, 0.5) is 10.6 Å². The molecule has 1 fully saturated rings. The summed E-state index contributed by atoms with van der Waals surface area (Å²) in [5.74, 6) is 6.58. The lowest BCUT2D eigenvalue weighted by molar-refractivity contribution is 0.0263. The number of halogens is 1. The number of aromatic nitrogens is 4. The van der Waals surface area contributed by atoms with Gasteiger partial charge in [0.1, 0.15) is 6.54 Å². The summed E-state index contributed by atoms with van der Waals surface area (Å²) in [5, 5.41) is 21.6. The fourth-order valence-electron chi connectivity index (χ4n) is 3.46. The fourth-order valence-corrected chi connectivity index (χ4v) is 3.60. The van der Waals surface area contributed by atoms with E-state index in [4.69, 9.17) is 17.3 Å². The highest BCUT2D eigenvalue weighted by molar-refractivity contribution is 6.29. The molecule has 1 atom stereocenters. The van der Waals surface area contributed by atoms with Crippen LogP contribution >= 0.6 is 11.6 Å². The van der Waals surface area contributed by atoms with Gasteiger partial charge in [-0.1, -0.05) is 44.2 Å². The second-order valence-corrected chi connectivity index (χ2v) is 8.73. The molecule has 2 aromatic heterocycles. The normalized spacial score (nSPS) is 17.5. The molecule has 30 heavy (non-hydrogen) atoms. The number of amides is 1. The molecule has 160 valence electrons. The topological polar surface area (TPSA) is 113 Å². The third kappa shape index (κ3) is 5.20. The van der Waals surface area contributed by atoms with Gasteiger partial charge < -0.3 is 15.7 Å². The molecule has 3 rings (SSSR count). The van der Waals surface area contributed by atoms with E-state index >= 15 is 0 Å². The van der Waals surface area contributed by atoms with E-state index in [1.165, 1.54) is 0 Å². The Labute approximate surface area is 180 Å². The number of rotatable bonds is 3. The van der Waals surface area contributed by atoms with E-state index in [-0.39, 0.29) is 16.6 Å². The molecule has 0 spiro atoms. The van der Waals surface area contributed by atoms with Gasteiger partial charge in [0.05, 0.1) is 18.8 Å². The number of nitrogens with zero attached hydrogens (tertiary/aromatic N) is 6. The maximum Gasteiger partial charge on any atom is 0.407 e. The minimum absolute atomic E-state index is 0.0644. The first-order chi connectivity index (χ1) is 14.1. The Bertz CT molecular complexity index is 974. The summed E-state index contributed by atoms with van der Waals surface area (Å²) >= 11 is 5.90. The van der Waals surface area contributed by atoms with Gasteiger partial charge >= 0.3 is 6.09 Å². The average molecular weight is 432 g/mol. The molecule has 2 aromatic rings. The monoisotopic (exact) mass is 431 g/mol. The van der Waals surface area contributed by atoms with E-state index < -0.39 is 6.09 Å². The van der Waals surface area contributed by atoms with Gasteiger partial charge in [0.15, 0.2) is 11.0 Å². The highest BCUT2D eigenvalue weighted by atomic mass is 35.5. The van der Waals surface area contributed by atoms with Gasteiger partial charge in [-0.25, -0.2) is 4.79 Å². The Balaban J connectivity index is 1.59. The summed E-state index contributed by atoms with van der Waals surface area (Å²) in [5.41, 5.74) is 7.20. The summed E-state index contributed by atoms with van der Waals surface area (Å²) < 4.78 is 1.72. The van der Waals surface area contributed by atoms with Crippen molar-refractivity contribution in [1.82, 2.24) is 29.8 Å². The summed E-state index contributed by atoms with van der Waals surface area (Å²) in [7, 11) is 0. The molecule has 0 aliphatic carbocycles. The minimum Gasteiger partial charge on any atom is -0.465 e. The van der Waals surface area contributed by atoms with E-state index in [0.29, 0.717) is 44.1 Å². The number of carboxylic acid groups (broad SMARTS) is 1. The van der Waals surface area contributed by atoms with Crippen LogP contribution in [0, 0.1) is 17.3 Å². The lowest BCUT2D eigenvalue weighted by Crippen LogP contribution is -2.59. The molecule has 3 N–H and O–H groups in total. The van der Waals surface area contributed by atoms with Gasteiger partial charge in [0.25, 0.3) is 0 Å². The van der Waals surface area contributed by atoms with E-state index in [1.807, 2.05) is 6.20 Å². The standard InChI is InChI=1S/C20H26ClN7O2/c1-20(2,3)16-13-26(8-9-28(16)19(29)30)6-4-5-7-27-12-14(11-23-27)15-10-17(21)24-25-18(15)22/h10-12,16H,6-9,13H2,1-3H3,(H2,22,25)(H,29,30). The first-order valence-corrected chi connectivity index (χ1v) is 10.0. The predicted octanol–water partition coefficient (Wildman–Crippen LogP) is 2.29. The van der Waals surface area contributed by atoms with Crippen LogP contribution < -0.4 is 5.73 Å². The highest BCUT2D eigenvalue weighted by Crippen LogP contribution is 2.28. The zero-order chi connectivity index (χ0) is 21.9. The van der Waals surface area contributed by atoms with Crippen molar-refractivity contribution in [3.8, 4) is 23.0 Å². The molecule has 0 aromatic carbocycles. The first kappa shape index (κ1) is 21.9. The number of anilines is 1. The van der Waals surface area contributed by atoms with Crippen molar-refractivity contribution in [2.45, 2.75) is 33.4 Å². The molecular weight excluding hydrogens is 406 g/mol. The molecule has 0 saturated carbocycles. The molecule has 9 nitrogen and oxygen atoms in total. The van der Waals surface area contributed by atoms with Crippen LogP contribution in [0.3, 0.4) is 0 Å². The summed E-state index contributed by atoms with van der Waals surface area (Å²) in [6.45, 7) is 9.06. The lowest BCUT2D eigenvalue weighted by Gasteiger charge is -2.45. The smallest absolute Gasteiger partial charge is 0.407 e. The highest BCUT2D eigenvalue weighted by Gasteiger charge is 2.37. The molecule has 1 saturated heterocycles. The first-order valence-electron chi connectivity index (χ1n) is 9.64. The molecule has 1 aliphatic rings. The van der Waals surface area contributed by atoms with Crippen molar-refractivity contribution in [3.63, 3.8) is 0 Å². The molecule has 3 heterocycles. The number of nitrogens with two attached hydrogens (primary N) is 1. The zero-order valence-electron chi connectivity index (χ0n) is 17.3. The van der Waals surface area contributed by atoms with Crippen LogP contribution in [0.5, 0.6) is 0 Å². The van der Waals surface area contributed by atoms with Gasteiger partial charge in [-0.05, 0) is 11.5 Å². The Hall–Kier alpha value is -2.83. The van der Waals surface area contributed by atoms with Gasteiger partial charge in [-0.15, -0.1) is 10.2 Å². The van der Waals surface area contributed by atoms with E-state index in [9.17, 15) is 9.90 Å². The van der Waals surface area contributed by atoms with Crippen molar-refractivity contribution in [2.75, 3.05) is 31.9 Å².